The van der Waals surface area contributed by atoms with E-state index in [2.05, 4.69) is 0 Å². The van der Waals surface area contributed by atoms with Gasteiger partial charge in [0, 0.05) is 6.47 Å². The predicted molar refractivity (Wildman–Crippen MR) is 13.3 cm³/mol. The number of carbonyl (C=O) groups is 1. The van der Waals surface area contributed by atoms with Gasteiger partial charge in [-0.3, -0.25) is 0 Å². The van der Waals surface area contributed by atoms with Crippen molar-refractivity contribution in [1.82, 2.24) is 0 Å². The minimum absolute atomic E-state index is 0. The Morgan fingerprint density at radius 3 is 1.33 bits per heavy atom. The van der Waals surface area contributed by atoms with Crippen LogP contribution in [0.5, 0.6) is 0 Å². The smallest absolute Gasteiger partial charge is 0.554 e. The minimum Gasteiger partial charge on any atom is -0.554 e. The van der Waals surface area contributed by atoms with Crippen molar-refractivity contribution in [3.8, 4) is 0 Å². The summed E-state index contributed by atoms with van der Waals surface area (Å²) in [4.78, 5) is 8.25. The first-order chi connectivity index (χ1) is 1.41. The molecule has 0 aliphatic heterocycles. The summed E-state index contributed by atoms with van der Waals surface area (Å²) in [6.07, 6.45) is 0. The zero-order chi connectivity index (χ0) is 2.71. The molecule has 0 spiro atoms. The van der Waals surface area contributed by atoms with Gasteiger partial charge in [0.15, 0.2) is 0 Å². The molecule has 0 aliphatic carbocycles. The van der Waals surface area contributed by atoms with Crippen molar-refractivity contribution in [2.24, 2.45) is 0 Å². The second kappa shape index (κ2) is 94.4. The molecule has 0 aromatic carbocycles. The van der Waals surface area contributed by atoms with E-state index in [0.29, 0.717) is 0 Å². The third-order valence-corrected chi connectivity index (χ3v) is 0. The molecular formula is CH5NiO4+. The zero-order valence-corrected chi connectivity index (χ0v) is 3.70. The summed E-state index contributed by atoms with van der Waals surface area (Å²) in [6, 6.07) is 0. The summed E-state index contributed by atoms with van der Waals surface area (Å²) in [5.74, 6) is 0. The van der Waals surface area contributed by atoms with Gasteiger partial charge >= 0.3 is 16.5 Å². The second-order valence-corrected chi connectivity index (χ2v) is 0.0962. The first-order valence-corrected chi connectivity index (χ1v) is 0.471. The molecule has 0 bridgehead atoms. The molecule has 0 heterocycles. The third kappa shape index (κ3) is 2380. The molecule has 0 saturated heterocycles. The molecule has 0 aliphatic rings. The fourth-order valence-corrected chi connectivity index (χ4v) is 0. The van der Waals surface area contributed by atoms with E-state index in [1.165, 1.54) is 0 Å². The number of carboxylic acid groups (broad SMARTS) is 1. The van der Waals surface area contributed by atoms with Gasteiger partial charge < -0.3 is 20.9 Å². The zero-order valence-electron chi connectivity index (χ0n) is 2.71. The molecule has 0 saturated carbocycles. The number of carbonyl (C=O) groups excluding carboxylic acids is 1. The average Bonchev–Trinajstić information content (AvgIpc) is 0.918. The summed E-state index contributed by atoms with van der Waals surface area (Å²) >= 11 is 0. The van der Waals surface area contributed by atoms with E-state index in [0.717, 1.165) is 0 Å². The molecule has 4 nitrogen and oxygen atoms in total. The fraction of sp³-hybridized carbons (Fsp3) is 0. The molecule has 0 radical (unpaired) electrons. The topological polar surface area (TPSA) is 103 Å². The number of rotatable bonds is 0. The molecule has 6 heavy (non-hydrogen) atoms. The summed E-state index contributed by atoms with van der Waals surface area (Å²) in [7, 11) is 0. The molecule has 0 unspecified atom stereocenters. The normalized spacial score (nSPS) is 2.00. The van der Waals surface area contributed by atoms with Gasteiger partial charge in [-0.05, 0) is 0 Å². The molecule has 0 aromatic heterocycles. The predicted octanol–water partition coefficient (Wildman–Crippen LogP) is -3.29. The van der Waals surface area contributed by atoms with Crippen LogP contribution in [0.15, 0.2) is 0 Å². The van der Waals surface area contributed by atoms with Crippen molar-refractivity contribution in [2.75, 3.05) is 0 Å². The van der Waals surface area contributed by atoms with E-state index in [1.54, 1.807) is 0 Å². The molecule has 42 valence electrons. The quantitative estimate of drug-likeness (QED) is 0.260. The van der Waals surface area contributed by atoms with Crippen LogP contribution in [0, 0.1) is 0 Å². The van der Waals surface area contributed by atoms with Gasteiger partial charge in [0.1, 0.15) is 0 Å². The first kappa shape index (κ1) is 39.6. The maximum atomic E-state index is 8.25. The Bertz CT molecular complexity index is 15.0. The molecule has 0 amide bonds. The van der Waals surface area contributed by atoms with Crippen molar-refractivity contribution in [1.29, 1.82) is 0 Å². The van der Waals surface area contributed by atoms with Crippen molar-refractivity contribution in [3.05, 3.63) is 0 Å². The van der Waals surface area contributed by atoms with E-state index >= 15 is 0 Å². The van der Waals surface area contributed by atoms with Crippen molar-refractivity contribution in [3.63, 3.8) is 0 Å². The van der Waals surface area contributed by atoms with E-state index in [9.17, 15) is 0 Å². The van der Waals surface area contributed by atoms with Gasteiger partial charge in [-0.15, -0.1) is 0 Å². The molecule has 0 atom stereocenters. The van der Waals surface area contributed by atoms with Crippen LogP contribution in [0.3, 0.4) is 0 Å². The Kier molecular flexibility index (Phi) is 622. The fourth-order valence-electron chi connectivity index (χ4n) is 0. The largest absolute Gasteiger partial charge is 2.00 e. The van der Waals surface area contributed by atoms with Crippen LogP contribution >= 0.6 is 0 Å². The Hall–Kier alpha value is -0.116. The maximum absolute atomic E-state index is 8.25. The van der Waals surface area contributed by atoms with Gasteiger partial charge in [-0.1, -0.05) is 0 Å². The van der Waals surface area contributed by atoms with E-state index in [1.807, 2.05) is 0 Å². The van der Waals surface area contributed by atoms with E-state index < -0.39 is 6.47 Å². The van der Waals surface area contributed by atoms with Gasteiger partial charge in [0.25, 0.3) is 0 Å². The molecule has 0 aromatic rings. The third-order valence-electron chi connectivity index (χ3n) is 0. The Morgan fingerprint density at radius 1 is 1.33 bits per heavy atom. The van der Waals surface area contributed by atoms with Gasteiger partial charge in [0.05, 0.1) is 0 Å². The summed E-state index contributed by atoms with van der Waals surface area (Å²) in [5.41, 5.74) is 0. The summed E-state index contributed by atoms with van der Waals surface area (Å²) in [5, 5.41) is 8.25. The second-order valence-electron chi connectivity index (χ2n) is 0.0962. The van der Waals surface area contributed by atoms with Crippen LogP contribution in [0.1, 0.15) is 0 Å². The molecule has 5 heteroatoms. The molecular weight excluding hydrogens is 135 g/mol. The van der Waals surface area contributed by atoms with Crippen LogP contribution in [0.25, 0.3) is 0 Å². The van der Waals surface area contributed by atoms with Crippen molar-refractivity contribution >= 4 is 6.47 Å². The standard InChI is InChI=1S/CH2O2.Ni.2H2O/c2-1-3;;;/h1H,(H,2,3);;2*1H2/q;+2;;/p-1. The summed E-state index contributed by atoms with van der Waals surface area (Å²) < 4.78 is 0. The molecule has 0 rings (SSSR count). The Morgan fingerprint density at radius 2 is 1.33 bits per heavy atom. The van der Waals surface area contributed by atoms with Crippen LogP contribution < -0.4 is 5.11 Å². The number of hydrogen-bond donors (Lipinski definition) is 0. The van der Waals surface area contributed by atoms with E-state index in [-0.39, 0.29) is 27.4 Å². The molecule has 0 fully saturated rings. The molecule has 4 N–H and O–H groups in total. The van der Waals surface area contributed by atoms with Crippen LogP contribution in [0.2, 0.25) is 0 Å². The van der Waals surface area contributed by atoms with E-state index in [4.69, 9.17) is 9.90 Å². The SMILES string of the molecule is O.O.O=C[O-].[Ni+2]. The minimum atomic E-state index is -0.500. The maximum Gasteiger partial charge on any atom is 2.00 e. The Labute approximate surface area is 44.7 Å². The summed E-state index contributed by atoms with van der Waals surface area (Å²) in [6.45, 7) is -0.500. The van der Waals surface area contributed by atoms with Gasteiger partial charge in [-0.25, -0.2) is 0 Å². The Balaban J connectivity index is -0.00000000667. The average molecular weight is 140 g/mol. The van der Waals surface area contributed by atoms with Crippen molar-refractivity contribution < 1.29 is 37.3 Å². The van der Waals surface area contributed by atoms with Crippen LogP contribution in [-0.4, -0.2) is 17.4 Å². The van der Waals surface area contributed by atoms with Crippen molar-refractivity contribution in [2.45, 2.75) is 0 Å². The van der Waals surface area contributed by atoms with Crippen LogP contribution in [-0.2, 0) is 21.3 Å². The van der Waals surface area contributed by atoms with Crippen LogP contribution in [0.4, 0.5) is 0 Å². The van der Waals surface area contributed by atoms with Gasteiger partial charge in [0.2, 0.25) is 0 Å². The number of hydrogen-bond acceptors (Lipinski definition) is 2. The van der Waals surface area contributed by atoms with Gasteiger partial charge in [-0.2, -0.15) is 0 Å². The monoisotopic (exact) mass is 139 g/mol. The first-order valence-electron chi connectivity index (χ1n) is 0.471.